The standard InChI is InChI=1S/C20H22N4O2S/c1-12(2)24-13(3)21-10-17(24)16-11-27-19(22-16)20(8-9-20)15-6-4-14(5-7-15)18(25)23-26/h4-7,10-12,26H,8-9H2,1-3H3,(H,23,25). The van der Waals surface area contributed by atoms with Crippen LogP contribution >= 0.6 is 11.3 Å². The number of hydrogen-bond donors (Lipinski definition) is 2. The Morgan fingerprint density at radius 2 is 2.00 bits per heavy atom. The molecule has 1 aromatic carbocycles. The molecular formula is C20H22N4O2S. The van der Waals surface area contributed by atoms with Gasteiger partial charge in [-0.3, -0.25) is 10.0 Å². The van der Waals surface area contributed by atoms with E-state index in [2.05, 4.69) is 28.8 Å². The highest BCUT2D eigenvalue weighted by molar-refractivity contribution is 7.10. The number of aryl methyl sites for hydroxylation is 1. The van der Waals surface area contributed by atoms with E-state index in [4.69, 9.17) is 10.2 Å². The summed E-state index contributed by atoms with van der Waals surface area (Å²) in [5.74, 6) is 0.494. The van der Waals surface area contributed by atoms with Crippen LogP contribution in [0.15, 0.2) is 35.8 Å². The number of carbonyl (C=O) groups excluding carboxylic acids is 1. The van der Waals surface area contributed by atoms with E-state index >= 15 is 0 Å². The maximum absolute atomic E-state index is 11.5. The van der Waals surface area contributed by atoms with Gasteiger partial charge in [0.05, 0.1) is 17.6 Å². The van der Waals surface area contributed by atoms with Gasteiger partial charge in [0, 0.05) is 22.4 Å². The van der Waals surface area contributed by atoms with Crippen LogP contribution in [0.1, 0.15) is 59.5 Å². The number of benzene rings is 1. The van der Waals surface area contributed by atoms with Crippen molar-refractivity contribution in [1.82, 2.24) is 20.0 Å². The second-order valence-corrected chi connectivity index (χ2v) is 8.15. The van der Waals surface area contributed by atoms with Gasteiger partial charge in [0.1, 0.15) is 10.8 Å². The quantitative estimate of drug-likeness (QED) is 0.514. The number of nitrogens with zero attached hydrogens (tertiary/aromatic N) is 3. The summed E-state index contributed by atoms with van der Waals surface area (Å²) in [6.45, 7) is 6.32. The van der Waals surface area contributed by atoms with Crippen molar-refractivity contribution in [2.75, 3.05) is 0 Å². The molecule has 3 aromatic rings. The van der Waals surface area contributed by atoms with Crippen molar-refractivity contribution in [1.29, 1.82) is 0 Å². The second kappa shape index (κ2) is 6.58. The molecule has 7 heteroatoms. The number of thiazole rings is 1. The number of amides is 1. The first kappa shape index (κ1) is 17.9. The molecule has 1 aliphatic carbocycles. The number of hydrogen-bond acceptors (Lipinski definition) is 5. The molecule has 0 bridgehead atoms. The Bertz CT molecular complexity index is 984. The van der Waals surface area contributed by atoms with Gasteiger partial charge in [-0.2, -0.15) is 0 Å². The molecule has 2 heterocycles. The van der Waals surface area contributed by atoms with E-state index in [1.807, 2.05) is 25.3 Å². The van der Waals surface area contributed by atoms with Crippen LogP contribution in [0.4, 0.5) is 0 Å². The van der Waals surface area contributed by atoms with Gasteiger partial charge in [-0.25, -0.2) is 15.4 Å². The first-order valence-electron chi connectivity index (χ1n) is 9.01. The van der Waals surface area contributed by atoms with Gasteiger partial charge in [-0.15, -0.1) is 11.3 Å². The van der Waals surface area contributed by atoms with Crippen molar-refractivity contribution in [2.45, 2.75) is 45.1 Å². The first-order chi connectivity index (χ1) is 13.0. The predicted octanol–water partition coefficient (Wildman–Crippen LogP) is 4.09. The lowest BCUT2D eigenvalue weighted by molar-refractivity contribution is 0.0706. The monoisotopic (exact) mass is 382 g/mol. The van der Waals surface area contributed by atoms with Crippen LogP contribution in [-0.4, -0.2) is 25.6 Å². The summed E-state index contributed by atoms with van der Waals surface area (Å²) in [7, 11) is 0. The predicted molar refractivity (Wildman–Crippen MR) is 104 cm³/mol. The topological polar surface area (TPSA) is 80.0 Å². The molecule has 1 fully saturated rings. The van der Waals surface area contributed by atoms with Crippen LogP contribution in [0.25, 0.3) is 11.4 Å². The lowest BCUT2D eigenvalue weighted by Gasteiger charge is -2.14. The van der Waals surface area contributed by atoms with E-state index in [1.54, 1.807) is 28.9 Å². The average Bonchev–Trinajstić information content (AvgIpc) is 3.15. The van der Waals surface area contributed by atoms with Crippen molar-refractivity contribution in [3.8, 4) is 11.4 Å². The van der Waals surface area contributed by atoms with Gasteiger partial charge in [-0.1, -0.05) is 12.1 Å². The lowest BCUT2D eigenvalue weighted by atomic mass is 9.95. The summed E-state index contributed by atoms with van der Waals surface area (Å²) in [5.41, 5.74) is 5.22. The smallest absolute Gasteiger partial charge is 0.274 e. The zero-order chi connectivity index (χ0) is 19.2. The molecule has 0 radical (unpaired) electrons. The Morgan fingerprint density at radius 3 is 2.59 bits per heavy atom. The maximum Gasteiger partial charge on any atom is 0.274 e. The van der Waals surface area contributed by atoms with E-state index in [0.717, 1.165) is 40.6 Å². The van der Waals surface area contributed by atoms with Crippen molar-refractivity contribution >= 4 is 17.2 Å². The number of hydroxylamine groups is 1. The summed E-state index contributed by atoms with van der Waals surface area (Å²) in [6, 6.07) is 7.73. The fourth-order valence-electron chi connectivity index (χ4n) is 3.66. The molecule has 6 nitrogen and oxygen atoms in total. The van der Waals surface area contributed by atoms with Crippen LogP contribution < -0.4 is 5.48 Å². The van der Waals surface area contributed by atoms with Gasteiger partial charge >= 0.3 is 0 Å². The SMILES string of the molecule is Cc1ncc(-c2csc(C3(c4ccc(C(=O)NO)cc4)CC3)n2)n1C(C)C. The van der Waals surface area contributed by atoms with Crippen molar-refractivity contribution in [3.05, 3.63) is 57.8 Å². The summed E-state index contributed by atoms with van der Waals surface area (Å²) in [4.78, 5) is 21.0. The number of rotatable bonds is 5. The van der Waals surface area contributed by atoms with E-state index in [0.29, 0.717) is 11.6 Å². The summed E-state index contributed by atoms with van der Waals surface area (Å²) < 4.78 is 2.21. The van der Waals surface area contributed by atoms with Gasteiger partial charge in [-0.05, 0) is 51.3 Å². The number of carbonyl (C=O) groups is 1. The molecule has 0 spiro atoms. The Kier molecular flexibility index (Phi) is 4.36. The molecule has 0 unspecified atom stereocenters. The van der Waals surface area contributed by atoms with Gasteiger partial charge in [0.2, 0.25) is 0 Å². The Balaban J connectivity index is 1.66. The van der Waals surface area contributed by atoms with Gasteiger partial charge < -0.3 is 4.57 Å². The molecule has 4 rings (SSSR count). The molecule has 1 aliphatic rings. The van der Waals surface area contributed by atoms with Crippen LogP contribution in [0.5, 0.6) is 0 Å². The summed E-state index contributed by atoms with van der Waals surface area (Å²) in [5, 5.41) is 12.0. The van der Waals surface area contributed by atoms with E-state index in [9.17, 15) is 4.79 Å². The highest BCUT2D eigenvalue weighted by Crippen LogP contribution is 2.54. The van der Waals surface area contributed by atoms with E-state index in [1.165, 1.54) is 0 Å². The molecule has 140 valence electrons. The minimum atomic E-state index is -0.500. The van der Waals surface area contributed by atoms with Gasteiger partial charge in [0.15, 0.2) is 0 Å². The minimum Gasteiger partial charge on any atom is -0.324 e. The maximum atomic E-state index is 11.5. The summed E-state index contributed by atoms with van der Waals surface area (Å²) >= 11 is 1.68. The summed E-state index contributed by atoms with van der Waals surface area (Å²) in [6.07, 6.45) is 4.00. The normalized spacial score (nSPS) is 15.1. The zero-order valence-corrected chi connectivity index (χ0v) is 16.4. The highest BCUT2D eigenvalue weighted by atomic mass is 32.1. The largest absolute Gasteiger partial charge is 0.324 e. The zero-order valence-electron chi connectivity index (χ0n) is 15.6. The molecule has 2 N–H and O–H groups in total. The minimum absolute atomic E-state index is 0.0607. The molecule has 2 aromatic heterocycles. The molecule has 0 aliphatic heterocycles. The fraction of sp³-hybridized carbons (Fsp3) is 0.350. The number of nitrogens with one attached hydrogen (secondary N) is 1. The van der Waals surface area contributed by atoms with Crippen LogP contribution in [-0.2, 0) is 5.41 Å². The third-order valence-corrected chi connectivity index (χ3v) is 6.27. The number of imidazole rings is 1. The molecule has 1 amide bonds. The first-order valence-corrected chi connectivity index (χ1v) is 9.89. The molecule has 1 saturated carbocycles. The Labute approximate surface area is 161 Å². The molecule has 27 heavy (non-hydrogen) atoms. The fourth-order valence-corrected chi connectivity index (χ4v) is 4.76. The molecular weight excluding hydrogens is 360 g/mol. The lowest BCUT2D eigenvalue weighted by Crippen LogP contribution is -2.18. The third kappa shape index (κ3) is 2.96. The van der Waals surface area contributed by atoms with Gasteiger partial charge in [0.25, 0.3) is 5.91 Å². The van der Waals surface area contributed by atoms with Crippen LogP contribution in [0.3, 0.4) is 0 Å². The van der Waals surface area contributed by atoms with E-state index < -0.39 is 5.91 Å². The Morgan fingerprint density at radius 1 is 1.30 bits per heavy atom. The Hall–Kier alpha value is -2.51. The third-order valence-electron chi connectivity index (χ3n) is 5.23. The van der Waals surface area contributed by atoms with Crippen LogP contribution in [0.2, 0.25) is 0 Å². The van der Waals surface area contributed by atoms with E-state index in [-0.39, 0.29) is 5.41 Å². The number of aromatic nitrogens is 3. The molecule has 0 saturated heterocycles. The second-order valence-electron chi connectivity index (χ2n) is 7.29. The van der Waals surface area contributed by atoms with Crippen molar-refractivity contribution in [2.24, 2.45) is 0 Å². The van der Waals surface area contributed by atoms with Crippen LogP contribution in [0, 0.1) is 6.92 Å². The average molecular weight is 382 g/mol. The van der Waals surface area contributed by atoms with Crippen molar-refractivity contribution in [3.63, 3.8) is 0 Å². The van der Waals surface area contributed by atoms with Crippen molar-refractivity contribution < 1.29 is 10.0 Å². The molecule has 0 atom stereocenters. The highest BCUT2D eigenvalue weighted by Gasteiger charge is 2.48.